The zero-order valence-electron chi connectivity index (χ0n) is 16.7. The van der Waals surface area contributed by atoms with Crippen LogP contribution in [0.1, 0.15) is 28.4 Å². The monoisotopic (exact) mass is 420 g/mol. The van der Waals surface area contributed by atoms with Gasteiger partial charge in [-0.15, -0.1) is 0 Å². The number of benzene rings is 2. The van der Waals surface area contributed by atoms with Gasteiger partial charge in [-0.3, -0.25) is 9.59 Å². The maximum Gasteiger partial charge on any atom is 0.195 e. The van der Waals surface area contributed by atoms with Crippen LogP contribution in [0.25, 0.3) is 10.8 Å². The number of carbonyl (C=O) groups is 2. The molecule has 1 aliphatic rings. The van der Waals surface area contributed by atoms with Crippen molar-refractivity contribution in [2.75, 3.05) is 7.11 Å². The number of methoxy groups -OCH3 is 1. The first-order valence-corrected chi connectivity index (χ1v) is 9.36. The second kappa shape index (κ2) is 7.84. The number of phenolic OH excluding ortho intramolecular Hbond substituents is 3. The molecular formula is C21H24O9. The van der Waals surface area contributed by atoms with Crippen LogP contribution < -0.4 is 0 Å². The number of phenols is 3. The van der Waals surface area contributed by atoms with Crippen molar-refractivity contribution in [1.82, 2.24) is 0 Å². The fourth-order valence-electron chi connectivity index (χ4n) is 4.00. The highest BCUT2D eigenvalue weighted by molar-refractivity contribution is 6.11. The van der Waals surface area contributed by atoms with E-state index in [1.165, 1.54) is 33.1 Å². The van der Waals surface area contributed by atoms with Crippen molar-refractivity contribution in [3.8, 4) is 17.2 Å². The van der Waals surface area contributed by atoms with Gasteiger partial charge in [-0.2, -0.15) is 0 Å². The Morgan fingerprint density at radius 1 is 1.17 bits per heavy atom. The van der Waals surface area contributed by atoms with Crippen LogP contribution in [-0.4, -0.2) is 73.7 Å². The van der Waals surface area contributed by atoms with Gasteiger partial charge in [0.1, 0.15) is 35.6 Å². The summed E-state index contributed by atoms with van der Waals surface area (Å²) in [6, 6.07) is 2.80. The van der Waals surface area contributed by atoms with Crippen LogP contribution in [0.3, 0.4) is 0 Å². The van der Waals surface area contributed by atoms with Gasteiger partial charge in [-0.1, -0.05) is 0 Å². The Morgan fingerprint density at radius 3 is 2.37 bits per heavy atom. The molecule has 162 valence electrons. The quantitative estimate of drug-likeness (QED) is 0.399. The first kappa shape index (κ1) is 22.0. The molecule has 0 spiro atoms. The number of ketones is 2. The van der Waals surface area contributed by atoms with Crippen LogP contribution in [-0.2, 0) is 16.0 Å². The van der Waals surface area contributed by atoms with Gasteiger partial charge in [-0.25, -0.2) is 0 Å². The van der Waals surface area contributed by atoms with Gasteiger partial charge in [0.25, 0.3) is 0 Å². The lowest BCUT2D eigenvalue weighted by molar-refractivity contribution is -0.148. The molecule has 6 N–H and O–H groups in total. The Labute approximate surface area is 171 Å². The third kappa shape index (κ3) is 3.29. The van der Waals surface area contributed by atoms with Gasteiger partial charge in [0.15, 0.2) is 11.6 Å². The van der Waals surface area contributed by atoms with E-state index in [1.54, 1.807) is 0 Å². The van der Waals surface area contributed by atoms with E-state index in [-0.39, 0.29) is 45.4 Å². The maximum absolute atomic E-state index is 12.9. The lowest BCUT2D eigenvalue weighted by Gasteiger charge is -2.34. The van der Waals surface area contributed by atoms with Gasteiger partial charge in [0, 0.05) is 18.6 Å². The summed E-state index contributed by atoms with van der Waals surface area (Å²) in [7, 11) is 1.18. The highest BCUT2D eigenvalue weighted by Gasteiger charge is 2.45. The predicted octanol–water partition coefficient (Wildman–Crippen LogP) is 0.307. The van der Waals surface area contributed by atoms with Crippen molar-refractivity contribution in [2.24, 2.45) is 5.92 Å². The van der Waals surface area contributed by atoms with Crippen LogP contribution in [0.5, 0.6) is 17.2 Å². The summed E-state index contributed by atoms with van der Waals surface area (Å²) >= 11 is 0. The summed E-state index contributed by atoms with van der Waals surface area (Å²) in [6.45, 7) is 2.66. The Morgan fingerprint density at radius 2 is 1.80 bits per heavy atom. The van der Waals surface area contributed by atoms with E-state index in [4.69, 9.17) is 4.74 Å². The average Bonchev–Trinajstić information content (AvgIpc) is 2.69. The Kier molecular flexibility index (Phi) is 5.74. The van der Waals surface area contributed by atoms with Gasteiger partial charge < -0.3 is 35.4 Å². The fraction of sp³-hybridized carbons (Fsp3) is 0.429. The number of aliphatic hydroxyl groups excluding tert-OH is 3. The van der Waals surface area contributed by atoms with Crippen LogP contribution in [0, 0.1) is 12.8 Å². The molecule has 0 amide bonds. The molecule has 0 unspecified atom stereocenters. The molecule has 0 aromatic heterocycles. The second-order valence-electron chi connectivity index (χ2n) is 7.65. The number of hydrogen-bond acceptors (Lipinski definition) is 9. The summed E-state index contributed by atoms with van der Waals surface area (Å²) in [5.41, 5.74) is 0.214. The van der Waals surface area contributed by atoms with E-state index in [2.05, 4.69) is 0 Å². The third-order valence-electron chi connectivity index (χ3n) is 5.73. The van der Waals surface area contributed by atoms with Crippen molar-refractivity contribution in [2.45, 2.75) is 44.7 Å². The number of carbonyl (C=O) groups excluding carboxylic acids is 2. The Balaban J connectivity index is 2.14. The first-order valence-electron chi connectivity index (χ1n) is 9.36. The van der Waals surface area contributed by atoms with Crippen molar-refractivity contribution < 1.29 is 45.0 Å². The van der Waals surface area contributed by atoms with E-state index in [1.807, 2.05) is 0 Å². The average molecular weight is 420 g/mol. The molecule has 0 heterocycles. The van der Waals surface area contributed by atoms with Gasteiger partial charge >= 0.3 is 0 Å². The minimum absolute atomic E-state index is 0.0352. The number of fused-ring (bicyclic) bond motifs is 2. The summed E-state index contributed by atoms with van der Waals surface area (Å²) < 4.78 is 5.15. The zero-order chi connectivity index (χ0) is 22.5. The highest BCUT2D eigenvalue weighted by Crippen LogP contribution is 2.45. The molecule has 9 nitrogen and oxygen atoms in total. The van der Waals surface area contributed by atoms with Crippen LogP contribution in [0.2, 0.25) is 0 Å². The SMILES string of the molecule is CO[C@H](C(=O)[C@@H](O)[C@@H](C)O)[C@H]1Cc2cc3cc(O)c(C)c(O)c3c(O)c2C(=O)[C@H]1O. The van der Waals surface area contributed by atoms with Gasteiger partial charge in [0.05, 0.1) is 17.1 Å². The smallest absolute Gasteiger partial charge is 0.195 e. The number of hydrogen-bond donors (Lipinski definition) is 6. The highest BCUT2D eigenvalue weighted by atomic mass is 16.5. The molecular weight excluding hydrogens is 396 g/mol. The molecule has 30 heavy (non-hydrogen) atoms. The largest absolute Gasteiger partial charge is 0.508 e. The topological polar surface area (TPSA) is 165 Å². The van der Waals surface area contributed by atoms with Gasteiger partial charge in [-0.05, 0) is 43.4 Å². The standard InChI is InChI=1S/C21H24O9/c1-7-12(23)6-10-4-9-5-11(21(30-3)20(29)16(25)8(2)22)17(26)19(28)14(9)18(27)13(10)15(7)24/h4,6,8,11,16-17,21-27H,5H2,1-3H3/t8-,11+,16+,17+,21+/m1/s1. The molecule has 0 saturated carbocycles. The fourth-order valence-corrected chi connectivity index (χ4v) is 4.00. The molecule has 0 radical (unpaired) electrons. The van der Waals surface area contributed by atoms with Crippen molar-refractivity contribution in [3.63, 3.8) is 0 Å². The van der Waals surface area contributed by atoms with Crippen molar-refractivity contribution in [3.05, 3.63) is 28.8 Å². The normalized spacial score (nSPS) is 21.9. The Hall–Kier alpha value is -2.72. The van der Waals surface area contributed by atoms with Gasteiger partial charge in [0.2, 0.25) is 0 Å². The zero-order valence-corrected chi connectivity index (χ0v) is 16.7. The number of aromatic hydroxyl groups is 3. The van der Waals surface area contributed by atoms with E-state index >= 15 is 0 Å². The first-order chi connectivity index (χ1) is 14.0. The van der Waals surface area contributed by atoms with E-state index in [0.717, 1.165) is 0 Å². The van der Waals surface area contributed by atoms with Crippen LogP contribution in [0.15, 0.2) is 12.1 Å². The predicted molar refractivity (Wildman–Crippen MR) is 105 cm³/mol. The minimum Gasteiger partial charge on any atom is -0.508 e. The number of ether oxygens (including phenoxy) is 1. The van der Waals surface area contributed by atoms with E-state index < -0.39 is 47.6 Å². The number of rotatable bonds is 5. The lowest BCUT2D eigenvalue weighted by atomic mass is 9.75. The summed E-state index contributed by atoms with van der Waals surface area (Å²) in [4.78, 5) is 25.4. The number of Topliss-reactive ketones (excluding diaryl/α,β-unsaturated/α-hetero) is 2. The van der Waals surface area contributed by atoms with E-state index in [9.17, 15) is 40.2 Å². The second-order valence-corrected chi connectivity index (χ2v) is 7.65. The molecule has 2 aromatic carbocycles. The molecule has 5 atom stereocenters. The summed E-state index contributed by atoms with van der Waals surface area (Å²) in [5.74, 6) is -3.96. The lowest BCUT2D eigenvalue weighted by Crippen LogP contribution is -2.50. The van der Waals surface area contributed by atoms with Crippen molar-refractivity contribution in [1.29, 1.82) is 0 Å². The van der Waals surface area contributed by atoms with Crippen LogP contribution in [0.4, 0.5) is 0 Å². The third-order valence-corrected chi connectivity index (χ3v) is 5.73. The molecule has 0 aliphatic heterocycles. The number of aliphatic hydroxyl groups is 3. The molecule has 0 fully saturated rings. The minimum atomic E-state index is -1.76. The molecule has 0 saturated heterocycles. The van der Waals surface area contributed by atoms with Crippen molar-refractivity contribution >= 4 is 22.3 Å². The van der Waals surface area contributed by atoms with E-state index in [0.29, 0.717) is 0 Å². The molecule has 3 rings (SSSR count). The van der Waals surface area contributed by atoms with Crippen LogP contribution >= 0.6 is 0 Å². The molecule has 1 aliphatic carbocycles. The summed E-state index contributed by atoms with van der Waals surface area (Å²) in [6.07, 6.45) is -6.32. The molecule has 9 heteroatoms. The maximum atomic E-state index is 12.9. The molecule has 0 bridgehead atoms. The summed E-state index contributed by atoms with van der Waals surface area (Å²) in [5, 5.41) is 61.2. The molecule has 2 aromatic rings. The Bertz CT molecular complexity index is 1030.